The highest BCUT2D eigenvalue weighted by atomic mass is 16.3. The summed E-state index contributed by atoms with van der Waals surface area (Å²) in [6.07, 6.45) is 3.69. The van der Waals surface area contributed by atoms with Crippen LogP contribution in [0, 0.1) is 6.92 Å². The van der Waals surface area contributed by atoms with E-state index in [1.807, 2.05) is 55.8 Å². The first-order valence-corrected chi connectivity index (χ1v) is 7.83. The fourth-order valence-corrected chi connectivity index (χ4v) is 2.46. The molecule has 2 aromatic rings. The maximum absolute atomic E-state index is 12.1. The molecular formula is C17H24N4O2. The normalized spacial score (nSPS) is 12.0. The van der Waals surface area contributed by atoms with Crippen molar-refractivity contribution in [1.82, 2.24) is 19.8 Å². The van der Waals surface area contributed by atoms with Crippen LogP contribution in [0.15, 0.2) is 36.7 Å². The van der Waals surface area contributed by atoms with Gasteiger partial charge in [0.05, 0.1) is 12.6 Å². The summed E-state index contributed by atoms with van der Waals surface area (Å²) in [4.78, 5) is 17.9. The van der Waals surface area contributed by atoms with Gasteiger partial charge >= 0.3 is 6.03 Å². The minimum atomic E-state index is -0.163. The molecule has 6 heteroatoms. The minimum absolute atomic E-state index is 0.0331. The Hall–Kier alpha value is -2.34. The van der Waals surface area contributed by atoms with E-state index in [1.54, 1.807) is 11.1 Å². The number of hydrogen-bond acceptors (Lipinski definition) is 3. The van der Waals surface area contributed by atoms with Gasteiger partial charge in [0.2, 0.25) is 0 Å². The molecule has 2 N–H and O–H groups in total. The number of aliphatic hydroxyl groups is 1. The van der Waals surface area contributed by atoms with Crippen LogP contribution in [0.4, 0.5) is 4.79 Å². The smallest absolute Gasteiger partial charge is 0.317 e. The Morgan fingerprint density at radius 3 is 2.61 bits per heavy atom. The number of carbonyl (C=O) groups excluding carboxylic acids is 1. The molecule has 6 nitrogen and oxygen atoms in total. The van der Waals surface area contributed by atoms with Crippen molar-refractivity contribution < 1.29 is 9.90 Å². The van der Waals surface area contributed by atoms with Crippen LogP contribution in [-0.4, -0.2) is 45.3 Å². The van der Waals surface area contributed by atoms with Crippen molar-refractivity contribution in [2.45, 2.75) is 26.8 Å². The molecule has 0 fully saturated rings. The number of aliphatic hydroxyl groups excluding tert-OH is 1. The van der Waals surface area contributed by atoms with E-state index in [-0.39, 0.29) is 18.7 Å². The molecule has 1 atom stereocenters. The van der Waals surface area contributed by atoms with Crippen LogP contribution in [0.1, 0.15) is 31.3 Å². The van der Waals surface area contributed by atoms with Gasteiger partial charge in [-0.25, -0.2) is 9.78 Å². The molecule has 23 heavy (non-hydrogen) atoms. The Morgan fingerprint density at radius 1 is 1.39 bits per heavy atom. The highest BCUT2D eigenvalue weighted by Gasteiger charge is 2.14. The third-order valence-corrected chi connectivity index (χ3v) is 3.88. The van der Waals surface area contributed by atoms with Crippen LogP contribution in [0.3, 0.4) is 0 Å². The number of nitrogens with one attached hydrogen (secondary N) is 1. The van der Waals surface area contributed by atoms with Crippen molar-refractivity contribution in [2.24, 2.45) is 0 Å². The van der Waals surface area contributed by atoms with Crippen LogP contribution in [0.5, 0.6) is 0 Å². The predicted octanol–water partition coefficient (Wildman–Crippen LogP) is 2.27. The Morgan fingerprint density at radius 2 is 2.09 bits per heavy atom. The zero-order chi connectivity index (χ0) is 16.8. The van der Waals surface area contributed by atoms with Gasteiger partial charge in [-0.05, 0) is 38.5 Å². The first kappa shape index (κ1) is 17.0. The molecule has 0 aliphatic carbocycles. The Labute approximate surface area is 136 Å². The maximum Gasteiger partial charge on any atom is 0.317 e. The van der Waals surface area contributed by atoms with Crippen LogP contribution < -0.4 is 5.32 Å². The number of amides is 2. The summed E-state index contributed by atoms with van der Waals surface area (Å²) in [5.41, 5.74) is 2.07. The maximum atomic E-state index is 12.1. The number of rotatable bonds is 6. The molecule has 0 bridgehead atoms. The van der Waals surface area contributed by atoms with E-state index < -0.39 is 0 Å². The van der Waals surface area contributed by atoms with Crippen LogP contribution in [-0.2, 0) is 0 Å². The highest BCUT2D eigenvalue weighted by Crippen LogP contribution is 2.17. The summed E-state index contributed by atoms with van der Waals surface area (Å²) in [7, 11) is 0. The molecule has 0 spiro atoms. The summed E-state index contributed by atoms with van der Waals surface area (Å²) in [5.74, 6) is 0.932. The van der Waals surface area contributed by atoms with E-state index in [1.165, 1.54) is 0 Å². The first-order chi connectivity index (χ1) is 11.1. The molecule has 0 aliphatic rings. The van der Waals surface area contributed by atoms with E-state index in [2.05, 4.69) is 10.3 Å². The lowest BCUT2D eigenvalue weighted by Crippen LogP contribution is -2.42. The van der Waals surface area contributed by atoms with Gasteiger partial charge in [0.25, 0.3) is 0 Å². The van der Waals surface area contributed by atoms with Gasteiger partial charge in [-0.1, -0.05) is 12.1 Å². The number of likely N-dealkylation sites (N-methyl/N-ethyl adjacent to an activating group) is 1. The predicted molar refractivity (Wildman–Crippen MR) is 89.6 cm³/mol. The molecule has 0 aliphatic heterocycles. The molecule has 2 amide bonds. The summed E-state index contributed by atoms with van der Waals surface area (Å²) in [5, 5.41) is 11.9. The number of imidazole rings is 1. The molecule has 0 saturated heterocycles. The van der Waals surface area contributed by atoms with E-state index in [0.29, 0.717) is 13.1 Å². The largest absolute Gasteiger partial charge is 0.395 e. The molecule has 1 aromatic heterocycles. The van der Waals surface area contributed by atoms with E-state index in [9.17, 15) is 4.79 Å². The summed E-state index contributed by atoms with van der Waals surface area (Å²) in [6, 6.07) is 7.76. The van der Waals surface area contributed by atoms with Gasteiger partial charge in [0.15, 0.2) is 0 Å². The monoisotopic (exact) mass is 316 g/mol. The number of aryl methyl sites for hydroxylation is 1. The average Bonchev–Trinajstić information content (AvgIpc) is 2.98. The van der Waals surface area contributed by atoms with Gasteiger partial charge in [-0.2, -0.15) is 0 Å². The highest BCUT2D eigenvalue weighted by molar-refractivity contribution is 5.74. The van der Waals surface area contributed by atoms with Gasteiger partial charge in [0.1, 0.15) is 5.82 Å². The third-order valence-electron chi connectivity index (χ3n) is 3.88. The first-order valence-electron chi connectivity index (χ1n) is 7.83. The van der Waals surface area contributed by atoms with Crippen molar-refractivity contribution in [1.29, 1.82) is 0 Å². The molecule has 1 aromatic carbocycles. The number of aromatic nitrogens is 2. The van der Waals surface area contributed by atoms with Crippen LogP contribution >= 0.6 is 0 Å². The SMILES string of the molecule is CCN(CCO)C(=O)N[C@H](C)c1ccc(-n2ccnc2C)cc1. The van der Waals surface area contributed by atoms with Gasteiger partial charge < -0.3 is 19.9 Å². The quantitative estimate of drug-likeness (QED) is 0.859. The lowest BCUT2D eigenvalue weighted by atomic mass is 10.1. The third kappa shape index (κ3) is 4.10. The molecule has 2 rings (SSSR count). The fourth-order valence-electron chi connectivity index (χ4n) is 2.46. The number of urea groups is 1. The second kappa shape index (κ2) is 7.78. The zero-order valence-corrected chi connectivity index (χ0v) is 13.9. The minimum Gasteiger partial charge on any atom is -0.395 e. The second-order valence-electron chi connectivity index (χ2n) is 5.41. The summed E-state index contributed by atoms with van der Waals surface area (Å²) < 4.78 is 2.01. The number of nitrogens with zero attached hydrogens (tertiary/aromatic N) is 3. The standard InChI is InChI=1S/C17H24N4O2/c1-4-20(11-12-22)17(23)19-13(2)15-5-7-16(8-6-15)21-10-9-18-14(21)3/h5-10,13,22H,4,11-12H2,1-3H3,(H,19,23)/t13-/m1/s1. The van der Waals surface area contributed by atoms with Crippen LogP contribution in [0.25, 0.3) is 5.69 Å². The molecule has 0 radical (unpaired) electrons. The van der Waals surface area contributed by atoms with E-state index in [0.717, 1.165) is 17.1 Å². The molecule has 0 unspecified atom stereocenters. The van der Waals surface area contributed by atoms with Crippen LogP contribution in [0.2, 0.25) is 0 Å². The Kier molecular flexibility index (Phi) is 5.76. The van der Waals surface area contributed by atoms with E-state index in [4.69, 9.17) is 5.11 Å². The van der Waals surface area contributed by atoms with Gasteiger partial charge in [-0.3, -0.25) is 0 Å². The topological polar surface area (TPSA) is 70.4 Å². The summed E-state index contributed by atoms with van der Waals surface area (Å²) in [6.45, 7) is 6.67. The zero-order valence-electron chi connectivity index (χ0n) is 13.9. The number of carbonyl (C=O) groups is 1. The summed E-state index contributed by atoms with van der Waals surface area (Å²) >= 11 is 0. The average molecular weight is 316 g/mol. The lowest BCUT2D eigenvalue weighted by molar-refractivity contribution is 0.178. The van der Waals surface area contributed by atoms with Crippen molar-refractivity contribution in [3.63, 3.8) is 0 Å². The Balaban J connectivity index is 2.04. The second-order valence-corrected chi connectivity index (χ2v) is 5.41. The van der Waals surface area contributed by atoms with Crippen molar-refractivity contribution in [2.75, 3.05) is 19.7 Å². The molecular weight excluding hydrogens is 292 g/mol. The molecule has 0 saturated carbocycles. The lowest BCUT2D eigenvalue weighted by Gasteiger charge is -2.23. The van der Waals surface area contributed by atoms with Gasteiger partial charge in [-0.15, -0.1) is 0 Å². The van der Waals surface area contributed by atoms with Crippen molar-refractivity contribution in [3.05, 3.63) is 48.0 Å². The number of hydrogen-bond donors (Lipinski definition) is 2. The fraction of sp³-hybridized carbons (Fsp3) is 0.412. The van der Waals surface area contributed by atoms with Crippen molar-refractivity contribution in [3.8, 4) is 5.69 Å². The van der Waals surface area contributed by atoms with Gasteiger partial charge in [0, 0.05) is 31.2 Å². The number of benzene rings is 1. The van der Waals surface area contributed by atoms with E-state index >= 15 is 0 Å². The molecule has 1 heterocycles. The van der Waals surface area contributed by atoms with Crippen molar-refractivity contribution >= 4 is 6.03 Å². The molecule has 124 valence electrons. The Bertz CT molecular complexity index is 636.